The van der Waals surface area contributed by atoms with Crippen molar-refractivity contribution in [2.24, 2.45) is 0 Å². The lowest BCUT2D eigenvalue weighted by atomic mass is 9.93. The molecule has 0 spiro atoms. The molecule has 4 heteroatoms. The summed E-state index contributed by atoms with van der Waals surface area (Å²) in [5.74, 6) is 1.86. The van der Waals surface area contributed by atoms with Gasteiger partial charge in [-0.25, -0.2) is 15.0 Å². The maximum Gasteiger partial charge on any atom is 0.164 e. The van der Waals surface area contributed by atoms with Crippen LogP contribution in [-0.2, 0) is 0 Å². The second kappa shape index (κ2) is 11.2. The molecule has 2 heterocycles. The zero-order valence-electron chi connectivity index (χ0n) is 25.3. The molecule has 0 amide bonds. The Labute approximate surface area is 271 Å². The molecule has 220 valence electrons. The number of fused-ring (bicyclic) bond motifs is 5. The molecule has 0 aliphatic heterocycles. The molecule has 0 aliphatic carbocycles. The van der Waals surface area contributed by atoms with Crippen molar-refractivity contribution in [1.29, 1.82) is 0 Å². The van der Waals surface area contributed by atoms with Crippen molar-refractivity contribution >= 4 is 32.7 Å². The number of hydrogen-bond donors (Lipinski definition) is 0. The molecular formula is C43H27N3O. The Balaban J connectivity index is 1.29. The molecule has 0 bridgehead atoms. The summed E-state index contributed by atoms with van der Waals surface area (Å²) in [5, 5.41) is 4.33. The average molecular weight is 602 g/mol. The summed E-state index contributed by atoms with van der Waals surface area (Å²) in [6.45, 7) is 0. The van der Waals surface area contributed by atoms with Gasteiger partial charge in [0.25, 0.3) is 0 Å². The van der Waals surface area contributed by atoms with Crippen LogP contribution in [0.1, 0.15) is 0 Å². The summed E-state index contributed by atoms with van der Waals surface area (Å²) < 4.78 is 6.66. The third-order valence-electron chi connectivity index (χ3n) is 8.73. The zero-order valence-corrected chi connectivity index (χ0v) is 25.3. The molecule has 4 nitrogen and oxygen atoms in total. The van der Waals surface area contributed by atoms with Crippen molar-refractivity contribution in [2.45, 2.75) is 0 Å². The normalized spacial score (nSPS) is 11.4. The van der Waals surface area contributed by atoms with Crippen molar-refractivity contribution in [3.8, 4) is 56.4 Å². The molecule has 0 aliphatic rings. The van der Waals surface area contributed by atoms with E-state index in [1.807, 2.05) is 66.7 Å². The number of rotatable bonds is 5. The molecule has 0 unspecified atom stereocenters. The largest absolute Gasteiger partial charge is 0.456 e. The first-order valence-electron chi connectivity index (χ1n) is 15.7. The highest BCUT2D eigenvalue weighted by Crippen LogP contribution is 2.43. The monoisotopic (exact) mass is 601 g/mol. The minimum absolute atomic E-state index is 0.604. The van der Waals surface area contributed by atoms with Crippen molar-refractivity contribution in [3.63, 3.8) is 0 Å². The van der Waals surface area contributed by atoms with Crippen LogP contribution in [0.2, 0.25) is 0 Å². The van der Waals surface area contributed by atoms with Crippen LogP contribution in [0.15, 0.2) is 168 Å². The summed E-state index contributed by atoms with van der Waals surface area (Å²) in [5.41, 5.74) is 9.05. The van der Waals surface area contributed by atoms with E-state index in [1.165, 1.54) is 11.1 Å². The average Bonchev–Trinajstić information content (AvgIpc) is 3.55. The lowest BCUT2D eigenvalue weighted by Gasteiger charge is -2.11. The molecule has 47 heavy (non-hydrogen) atoms. The van der Waals surface area contributed by atoms with Gasteiger partial charge in [-0.05, 0) is 51.2 Å². The summed E-state index contributed by atoms with van der Waals surface area (Å²) in [7, 11) is 0. The van der Waals surface area contributed by atoms with Crippen LogP contribution in [0.4, 0.5) is 0 Å². The summed E-state index contributed by atoms with van der Waals surface area (Å²) in [6.07, 6.45) is 0. The molecule has 9 rings (SSSR count). The molecule has 0 saturated heterocycles. The van der Waals surface area contributed by atoms with Gasteiger partial charge in [0.05, 0.1) is 0 Å². The second-order valence-electron chi connectivity index (χ2n) is 11.6. The number of aromatic nitrogens is 3. The third-order valence-corrected chi connectivity index (χ3v) is 8.73. The maximum atomic E-state index is 6.66. The Morgan fingerprint density at radius 3 is 1.53 bits per heavy atom. The Morgan fingerprint density at radius 2 is 0.851 bits per heavy atom. The van der Waals surface area contributed by atoms with Crippen molar-refractivity contribution in [1.82, 2.24) is 15.0 Å². The third kappa shape index (κ3) is 4.75. The van der Waals surface area contributed by atoms with Crippen LogP contribution < -0.4 is 0 Å². The fourth-order valence-electron chi connectivity index (χ4n) is 6.53. The van der Waals surface area contributed by atoms with Gasteiger partial charge in [0, 0.05) is 27.5 Å². The van der Waals surface area contributed by atoms with E-state index in [4.69, 9.17) is 19.4 Å². The van der Waals surface area contributed by atoms with E-state index in [9.17, 15) is 0 Å². The van der Waals surface area contributed by atoms with Crippen LogP contribution in [0.3, 0.4) is 0 Å². The fourth-order valence-corrected chi connectivity index (χ4v) is 6.53. The van der Waals surface area contributed by atoms with Crippen molar-refractivity contribution in [2.75, 3.05) is 0 Å². The number of furan rings is 1. The SMILES string of the molecule is c1ccc(-c2cccc(-c3cccc4oc5cc(-c6nc(-c7ccccc7)nc(-c7ccccc7)n6)c6ccccc6c5c34)c2)cc1. The Hall–Kier alpha value is -6.39. The first-order chi connectivity index (χ1) is 23.3. The predicted octanol–water partition coefficient (Wildman–Crippen LogP) is 11.3. The minimum atomic E-state index is 0.604. The van der Waals surface area contributed by atoms with Gasteiger partial charge in [-0.3, -0.25) is 0 Å². The van der Waals surface area contributed by atoms with Crippen LogP contribution in [0.5, 0.6) is 0 Å². The molecule has 0 fully saturated rings. The zero-order chi connectivity index (χ0) is 31.2. The van der Waals surface area contributed by atoms with Crippen molar-refractivity contribution in [3.05, 3.63) is 164 Å². The highest BCUT2D eigenvalue weighted by molar-refractivity contribution is 6.25. The van der Waals surface area contributed by atoms with Crippen LogP contribution in [0, 0.1) is 0 Å². The topological polar surface area (TPSA) is 51.8 Å². The van der Waals surface area contributed by atoms with Gasteiger partial charge in [-0.15, -0.1) is 0 Å². The van der Waals surface area contributed by atoms with Crippen LogP contribution in [0.25, 0.3) is 89.1 Å². The van der Waals surface area contributed by atoms with Gasteiger partial charge in [-0.1, -0.05) is 146 Å². The van der Waals surface area contributed by atoms with E-state index >= 15 is 0 Å². The Kier molecular flexibility index (Phi) is 6.43. The fraction of sp³-hybridized carbons (Fsp3) is 0. The lowest BCUT2D eigenvalue weighted by Crippen LogP contribution is -2.00. The second-order valence-corrected chi connectivity index (χ2v) is 11.6. The standard InChI is InChI=1S/C43H27N3O/c1-4-14-28(15-5-1)31-20-12-21-32(26-31)33-24-13-25-37-39(33)40-35-23-11-10-22-34(35)36(27-38(40)47-37)43-45-41(29-16-6-2-7-17-29)44-42(46-43)30-18-8-3-9-19-30/h1-27H. The van der Waals surface area contributed by atoms with Gasteiger partial charge in [0.1, 0.15) is 11.2 Å². The van der Waals surface area contributed by atoms with E-state index in [1.54, 1.807) is 0 Å². The highest BCUT2D eigenvalue weighted by Gasteiger charge is 2.20. The van der Waals surface area contributed by atoms with Gasteiger partial charge in [0.15, 0.2) is 17.5 Å². The van der Waals surface area contributed by atoms with E-state index in [-0.39, 0.29) is 0 Å². The lowest BCUT2D eigenvalue weighted by molar-refractivity contribution is 0.669. The quantitative estimate of drug-likeness (QED) is 0.197. The first kappa shape index (κ1) is 27.0. The van der Waals surface area contributed by atoms with Gasteiger partial charge >= 0.3 is 0 Å². The maximum absolute atomic E-state index is 6.66. The van der Waals surface area contributed by atoms with E-state index in [0.29, 0.717) is 17.5 Å². The van der Waals surface area contributed by atoms with Gasteiger partial charge < -0.3 is 4.42 Å². The van der Waals surface area contributed by atoms with Gasteiger partial charge in [0.2, 0.25) is 0 Å². The van der Waals surface area contributed by atoms with Crippen molar-refractivity contribution < 1.29 is 4.42 Å². The van der Waals surface area contributed by atoms with E-state index in [2.05, 4.69) is 97.1 Å². The molecule has 0 atom stereocenters. The summed E-state index contributed by atoms with van der Waals surface area (Å²) in [4.78, 5) is 15.0. The Morgan fingerprint density at radius 1 is 0.319 bits per heavy atom. The smallest absolute Gasteiger partial charge is 0.164 e. The minimum Gasteiger partial charge on any atom is -0.456 e. The highest BCUT2D eigenvalue weighted by atomic mass is 16.3. The summed E-state index contributed by atoms with van der Waals surface area (Å²) >= 11 is 0. The number of benzene rings is 7. The molecule has 9 aromatic rings. The molecule has 0 N–H and O–H groups in total. The number of hydrogen-bond acceptors (Lipinski definition) is 4. The van der Waals surface area contributed by atoms with E-state index in [0.717, 1.165) is 60.5 Å². The summed E-state index contributed by atoms with van der Waals surface area (Å²) in [6, 6.07) is 56.3. The van der Waals surface area contributed by atoms with Crippen LogP contribution in [-0.4, -0.2) is 15.0 Å². The predicted molar refractivity (Wildman–Crippen MR) is 192 cm³/mol. The van der Waals surface area contributed by atoms with E-state index < -0.39 is 0 Å². The molecule has 7 aromatic carbocycles. The molecular weight excluding hydrogens is 574 g/mol. The molecule has 2 aromatic heterocycles. The first-order valence-corrected chi connectivity index (χ1v) is 15.7. The molecule has 0 saturated carbocycles. The molecule has 0 radical (unpaired) electrons. The van der Waals surface area contributed by atoms with Gasteiger partial charge in [-0.2, -0.15) is 0 Å². The number of nitrogens with zero attached hydrogens (tertiary/aromatic N) is 3. The van der Waals surface area contributed by atoms with Crippen LogP contribution >= 0.6 is 0 Å². The Bertz CT molecular complexity index is 2500.